The molecule has 1 aliphatic carbocycles. The average molecular weight is 191 g/mol. The molecular weight excluding hydrogens is 182 g/mol. The van der Waals surface area contributed by atoms with Crippen LogP contribution < -0.4 is 10.4 Å². The van der Waals surface area contributed by atoms with Crippen molar-refractivity contribution in [1.82, 2.24) is 0 Å². The van der Waals surface area contributed by atoms with Gasteiger partial charge in [-0.25, -0.2) is 0 Å². The zero-order valence-electron chi connectivity index (χ0n) is 8.20. The molecule has 0 saturated heterocycles. The lowest BCUT2D eigenvalue weighted by Crippen LogP contribution is -2.22. The third-order valence-electron chi connectivity index (χ3n) is 2.90. The molecule has 0 heterocycles. The minimum absolute atomic E-state index is 0.780. The van der Waals surface area contributed by atoms with Gasteiger partial charge in [-0.1, -0.05) is 30.3 Å². The number of benzene rings is 2. The topological polar surface area (TPSA) is 23.8 Å². The van der Waals surface area contributed by atoms with Crippen LogP contribution in [0.25, 0.3) is 22.4 Å². The fourth-order valence-electron chi connectivity index (χ4n) is 2.12. The van der Waals surface area contributed by atoms with E-state index in [2.05, 4.69) is 36.4 Å². The van der Waals surface area contributed by atoms with Gasteiger partial charge in [0.05, 0.1) is 6.07 Å². The van der Waals surface area contributed by atoms with Crippen molar-refractivity contribution in [2.75, 3.05) is 0 Å². The van der Waals surface area contributed by atoms with E-state index in [1.165, 1.54) is 16.0 Å². The molecule has 0 N–H and O–H groups in total. The first kappa shape index (κ1) is 8.26. The number of hydrogen-bond donors (Lipinski definition) is 0. The van der Waals surface area contributed by atoms with Gasteiger partial charge in [-0.2, -0.15) is 5.26 Å². The maximum absolute atomic E-state index is 8.98. The van der Waals surface area contributed by atoms with Crippen LogP contribution in [0.5, 0.6) is 0 Å². The minimum Gasteiger partial charge on any atom is -0.193 e. The molecule has 1 aliphatic rings. The van der Waals surface area contributed by atoms with Gasteiger partial charge in [0, 0.05) is 12.0 Å². The maximum atomic E-state index is 8.98. The van der Waals surface area contributed by atoms with Gasteiger partial charge in [0.15, 0.2) is 0 Å². The first-order valence-corrected chi connectivity index (χ1v) is 5.01. The fraction of sp³-hybridized carbons (Fsp3) is 0.0714. The second-order valence-electron chi connectivity index (χ2n) is 3.79. The normalized spacial score (nSPS) is 13.4. The van der Waals surface area contributed by atoms with Crippen LogP contribution in [-0.2, 0) is 0 Å². The lowest BCUT2D eigenvalue weighted by Gasteiger charge is -1.96. The van der Waals surface area contributed by atoms with Crippen molar-refractivity contribution in [3.05, 3.63) is 46.8 Å². The summed E-state index contributed by atoms with van der Waals surface area (Å²) in [6, 6.07) is 14.8. The third-order valence-corrected chi connectivity index (χ3v) is 2.90. The third kappa shape index (κ3) is 1.15. The zero-order chi connectivity index (χ0) is 10.3. The summed E-state index contributed by atoms with van der Waals surface area (Å²) in [4.78, 5) is 0. The fourth-order valence-corrected chi connectivity index (χ4v) is 2.12. The van der Waals surface area contributed by atoms with E-state index in [-0.39, 0.29) is 0 Å². The minimum atomic E-state index is 0.780. The van der Waals surface area contributed by atoms with E-state index in [1.54, 1.807) is 0 Å². The van der Waals surface area contributed by atoms with E-state index in [1.807, 2.05) is 12.1 Å². The van der Waals surface area contributed by atoms with Gasteiger partial charge < -0.3 is 0 Å². The summed E-state index contributed by atoms with van der Waals surface area (Å²) in [6.45, 7) is 0. The van der Waals surface area contributed by atoms with Crippen molar-refractivity contribution >= 4 is 22.4 Å². The van der Waals surface area contributed by atoms with Gasteiger partial charge in [-0.15, -0.1) is 0 Å². The van der Waals surface area contributed by atoms with Crippen LogP contribution >= 0.6 is 0 Å². The van der Waals surface area contributed by atoms with E-state index >= 15 is 0 Å². The Labute approximate surface area is 87.6 Å². The SMILES string of the molecule is N#CC1=c2cc3ccccc3cc2=CC1. The summed E-state index contributed by atoms with van der Waals surface area (Å²) in [5, 5.41) is 13.7. The predicted molar refractivity (Wildman–Crippen MR) is 61.3 cm³/mol. The second kappa shape index (κ2) is 2.96. The Hall–Kier alpha value is -2.07. The first-order valence-electron chi connectivity index (χ1n) is 5.01. The molecule has 2 aromatic carbocycles. The Morgan fingerprint density at radius 1 is 1.07 bits per heavy atom. The quantitative estimate of drug-likeness (QED) is 0.621. The molecule has 1 nitrogen and oxygen atoms in total. The van der Waals surface area contributed by atoms with Crippen LogP contribution in [0, 0.1) is 11.3 Å². The number of hydrogen-bond acceptors (Lipinski definition) is 1. The molecule has 0 bridgehead atoms. The molecule has 0 atom stereocenters. The molecule has 0 aromatic heterocycles. The van der Waals surface area contributed by atoms with Crippen LogP contribution in [0.1, 0.15) is 6.42 Å². The van der Waals surface area contributed by atoms with Gasteiger partial charge >= 0.3 is 0 Å². The van der Waals surface area contributed by atoms with Gasteiger partial charge in [-0.3, -0.25) is 0 Å². The standard InChI is InChI=1S/C14H9N/c15-9-13-6-5-12-7-10-3-1-2-4-11(10)8-14(12)13/h1-5,7-8H,6H2. The second-order valence-corrected chi connectivity index (χ2v) is 3.79. The summed E-state index contributed by atoms with van der Waals surface area (Å²) < 4.78 is 0. The molecule has 0 fully saturated rings. The molecule has 2 aromatic rings. The number of nitriles is 1. The molecule has 0 aliphatic heterocycles. The summed E-state index contributed by atoms with van der Waals surface area (Å²) >= 11 is 0. The van der Waals surface area contributed by atoms with Crippen LogP contribution in [0.15, 0.2) is 36.4 Å². The number of rotatable bonds is 0. The van der Waals surface area contributed by atoms with Crippen molar-refractivity contribution < 1.29 is 0 Å². The zero-order valence-corrected chi connectivity index (χ0v) is 8.20. The van der Waals surface area contributed by atoms with Crippen molar-refractivity contribution in [3.63, 3.8) is 0 Å². The summed E-state index contributed by atoms with van der Waals surface area (Å²) in [7, 11) is 0. The van der Waals surface area contributed by atoms with E-state index in [0.717, 1.165) is 17.2 Å². The van der Waals surface area contributed by atoms with Gasteiger partial charge in [-0.05, 0) is 33.3 Å². The van der Waals surface area contributed by atoms with Crippen LogP contribution in [0.4, 0.5) is 0 Å². The van der Waals surface area contributed by atoms with Crippen molar-refractivity contribution in [2.45, 2.75) is 6.42 Å². The molecule has 0 amide bonds. The monoisotopic (exact) mass is 191 g/mol. The molecule has 1 heteroatoms. The van der Waals surface area contributed by atoms with Crippen LogP contribution in [0.2, 0.25) is 0 Å². The maximum Gasteiger partial charge on any atom is 0.0956 e. The van der Waals surface area contributed by atoms with Gasteiger partial charge in [0.2, 0.25) is 0 Å². The summed E-state index contributed by atoms with van der Waals surface area (Å²) in [6.07, 6.45) is 2.91. The van der Waals surface area contributed by atoms with Crippen molar-refractivity contribution in [3.8, 4) is 6.07 Å². The van der Waals surface area contributed by atoms with Crippen LogP contribution in [-0.4, -0.2) is 0 Å². The molecule has 70 valence electrons. The Bertz CT molecular complexity index is 702. The Kier molecular flexibility index (Phi) is 1.63. The average Bonchev–Trinajstić information content (AvgIpc) is 2.68. The predicted octanol–water partition coefficient (Wildman–Crippen LogP) is 1.70. The largest absolute Gasteiger partial charge is 0.193 e. The Morgan fingerprint density at radius 3 is 2.53 bits per heavy atom. The summed E-state index contributed by atoms with van der Waals surface area (Å²) in [5.74, 6) is 0. The Morgan fingerprint density at radius 2 is 1.80 bits per heavy atom. The van der Waals surface area contributed by atoms with Crippen molar-refractivity contribution in [1.29, 1.82) is 5.26 Å². The van der Waals surface area contributed by atoms with E-state index in [4.69, 9.17) is 5.26 Å². The highest BCUT2D eigenvalue weighted by atomic mass is 14.2. The lowest BCUT2D eigenvalue weighted by atomic mass is 10.1. The van der Waals surface area contributed by atoms with E-state index in [9.17, 15) is 0 Å². The molecule has 0 radical (unpaired) electrons. The summed E-state index contributed by atoms with van der Waals surface area (Å²) in [5.41, 5.74) is 0.885. The van der Waals surface area contributed by atoms with E-state index in [0.29, 0.717) is 0 Å². The number of fused-ring (bicyclic) bond motifs is 2. The highest BCUT2D eigenvalue weighted by Crippen LogP contribution is 2.11. The van der Waals surface area contributed by atoms with E-state index < -0.39 is 0 Å². The highest BCUT2D eigenvalue weighted by Gasteiger charge is 2.04. The van der Waals surface area contributed by atoms with Gasteiger partial charge in [0.1, 0.15) is 0 Å². The molecule has 3 rings (SSSR count). The van der Waals surface area contributed by atoms with Gasteiger partial charge in [0.25, 0.3) is 0 Å². The molecular formula is C14H9N. The molecule has 15 heavy (non-hydrogen) atoms. The molecule has 0 spiro atoms. The molecule has 0 saturated carbocycles. The Balaban J connectivity index is 2.55. The lowest BCUT2D eigenvalue weighted by molar-refractivity contribution is 1.47. The highest BCUT2D eigenvalue weighted by molar-refractivity contribution is 5.85. The number of nitrogens with zero attached hydrogens (tertiary/aromatic N) is 1. The van der Waals surface area contributed by atoms with Crippen LogP contribution in [0.3, 0.4) is 0 Å². The first-order chi connectivity index (χ1) is 7.38. The molecule has 0 unspecified atom stereocenters. The smallest absolute Gasteiger partial charge is 0.0956 e. The van der Waals surface area contributed by atoms with Crippen molar-refractivity contribution in [2.24, 2.45) is 0 Å².